The lowest BCUT2D eigenvalue weighted by molar-refractivity contribution is -0.142. The van der Waals surface area contributed by atoms with Crippen LogP contribution in [0.15, 0.2) is 39.5 Å². The lowest BCUT2D eigenvalue weighted by Gasteiger charge is -2.26. The molecule has 3 aromatic rings. The SMILES string of the molecule is CCCCCCC(C)(C)c1cc(OC(=O)CCC(=O)O)c2c(c1)oc(=O)c1ccc(OC)cc12. The topological polar surface area (TPSA) is 103 Å². The summed E-state index contributed by atoms with van der Waals surface area (Å²) in [7, 11) is 1.53. The van der Waals surface area contributed by atoms with Crippen LogP contribution < -0.4 is 15.1 Å². The molecular formula is C27H32O7. The highest BCUT2D eigenvalue weighted by Gasteiger charge is 2.25. The summed E-state index contributed by atoms with van der Waals surface area (Å²) in [6.07, 6.45) is 4.81. The molecule has 0 saturated heterocycles. The van der Waals surface area contributed by atoms with Crippen molar-refractivity contribution in [2.45, 2.75) is 71.1 Å². The molecule has 7 heteroatoms. The van der Waals surface area contributed by atoms with Gasteiger partial charge < -0.3 is 19.0 Å². The van der Waals surface area contributed by atoms with Crippen molar-refractivity contribution in [3.8, 4) is 11.5 Å². The minimum atomic E-state index is -1.08. The number of hydrogen-bond acceptors (Lipinski definition) is 6. The van der Waals surface area contributed by atoms with E-state index in [4.69, 9.17) is 19.0 Å². The first-order valence-corrected chi connectivity index (χ1v) is 11.7. The first kappa shape index (κ1) is 25.3. The number of aliphatic carboxylic acids is 1. The van der Waals surface area contributed by atoms with E-state index >= 15 is 0 Å². The Kier molecular flexibility index (Phi) is 7.97. The maximum Gasteiger partial charge on any atom is 0.344 e. The van der Waals surface area contributed by atoms with Crippen molar-refractivity contribution < 1.29 is 28.6 Å². The predicted molar refractivity (Wildman–Crippen MR) is 131 cm³/mol. The monoisotopic (exact) mass is 468 g/mol. The van der Waals surface area contributed by atoms with Gasteiger partial charge in [-0.25, -0.2) is 4.79 Å². The van der Waals surface area contributed by atoms with E-state index < -0.39 is 17.6 Å². The van der Waals surface area contributed by atoms with Crippen LogP contribution in [-0.2, 0) is 15.0 Å². The fourth-order valence-corrected chi connectivity index (χ4v) is 4.12. The number of carboxylic acids is 1. The number of esters is 1. The summed E-state index contributed by atoms with van der Waals surface area (Å²) >= 11 is 0. The minimum absolute atomic E-state index is 0.242. The van der Waals surface area contributed by atoms with Gasteiger partial charge in [-0.2, -0.15) is 0 Å². The molecule has 0 unspecified atom stereocenters. The Bertz CT molecular complexity index is 1250. The summed E-state index contributed by atoms with van der Waals surface area (Å²) in [5.74, 6) is -0.955. The average Bonchev–Trinajstić information content (AvgIpc) is 2.80. The van der Waals surface area contributed by atoms with E-state index in [1.54, 1.807) is 24.3 Å². The van der Waals surface area contributed by atoms with E-state index in [1.807, 2.05) is 6.07 Å². The third kappa shape index (κ3) is 5.76. The standard InChI is InChI=1S/C27H32O7/c1-5-6-7-8-13-27(2,3)17-14-21(33-24(30)12-11-23(28)29)25-20-16-18(32-4)9-10-19(20)26(31)34-22(25)15-17/h9-10,14-16H,5-8,11-13H2,1-4H3,(H,28,29). The lowest BCUT2D eigenvalue weighted by Crippen LogP contribution is -2.18. The Morgan fingerprint density at radius 3 is 2.47 bits per heavy atom. The average molecular weight is 469 g/mol. The highest BCUT2D eigenvalue weighted by molar-refractivity contribution is 6.09. The quantitative estimate of drug-likeness (QED) is 0.121. The normalized spacial score (nSPS) is 11.6. The first-order valence-electron chi connectivity index (χ1n) is 11.7. The van der Waals surface area contributed by atoms with E-state index in [9.17, 15) is 14.4 Å². The fourth-order valence-electron chi connectivity index (χ4n) is 4.12. The zero-order valence-electron chi connectivity index (χ0n) is 20.2. The van der Waals surface area contributed by atoms with Crippen LogP contribution >= 0.6 is 0 Å². The molecule has 0 saturated carbocycles. The molecule has 0 radical (unpaired) electrons. The number of carboxylic acid groups (broad SMARTS) is 1. The molecule has 0 amide bonds. The molecule has 0 fully saturated rings. The number of carbonyl (C=O) groups excluding carboxylic acids is 1. The third-order valence-corrected chi connectivity index (χ3v) is 6.19. The van der Waals surface area contributed by atoms with Gasteiger partial charge in [-0.15, -0.1) is 0 Å². The second-order valence-electron chi connectivity index (χ2n) is 9.21. The summed E-state index contributed by atoms with van der Waals surface area (Å²) < 4.78 is 16.7. The van der Waals surface area contributed by atoms with Crippen LogP contribution in [0, 0.1) is 0 Å². The maximum absolute atomic E-state index is 12.7. The first-order chi connectivity index (χ1) is 16.2. The van der Waals surface area contributed by atoms with Crippen molar-refractivity contribution >= 4 is 33.7 Å². The van der Waals surface area contributed by atoms with E-state index in [1.165, 1.54) is 13.5 Å². The number of hydrogen-bond donors (Lipinski definition) is 1. The Labute approximate surface area is 198 Å². The zero-order chi connectivity index (χ0) is 24.9. The van der Waals surface area contributed by atoms with E-state index in [-0.39, 0.29) is 24.0 Å². The van der Waals surface area contributed by atoms with Crippen LogP contribution in [0.25, 0.3) is 21.7 Å². The number of rotatable bonds is 11. The summed E-state index contributed by atoms with van der Waals surface area (Å²) in [6.45, 7) is 6.39. The maximum atomic E-state index is 12.7. The summed E-state index contributed by atoms with van der Waals surface area (Å²) in [5.41, 5.74) is 0.437. The second-order valence-corrected chi connectivity index (χ2v) is 9.21. The van der Waals surface area contributed by atoms with Crippen LogP contribution in [0.2, 0.25) is 0 Å². The van der Waals surface area contributed by atoms with Gasteiger partial charge in [0.05, 0.1) is 30.7 Å². The van der Waals surface area contributed by atoms with Crippen LogP contribution in [0.3, 0.4) is 0 Å². The third-order valence-electron chi connectivity index (χ3n) is 6.19. The van der Waals surface area contributed by atoms with Gasteiger partial charge in [0.15, 0.2) is 0 Å². The molecule has 0 aliphatic carbocycles. The highest BCUT2D eigenvalue weighted by Crippen LogP contribution is 2.39. The van der Waals surface area contributed by atoms with Crippen molar-refractivity contribution in [3.63, 3.8) is 0 Å². The molecule has 0 atom stereocenters. The number of ether oxygens (including phenoxy) is 2. The number of unbranched alkanes of at least 4 members (excludes halogenated alkanes) is 3. The summed E-state index contributed by atoms with van der Waals surface area (Å²) in [4.78, 5) is 36.1. The van der Waals surface area contributed by atoms with Crippen LogP contribution in [0.1, 0.15) is 71.3 Å². The summed E-state index contributed by atoms with van der Waals surface area (Å²) in [5, 5.41) is 10.3. The highest BCUT2D eigenvalue weighted by atomic mass is 16.5. The van der Waals surface area contributed by atoms with Gasteiger partial charge in [-0.1, -0.05) is 46.5 Å². The Balaban J connectivity index is 2.17. The molecule has 0 aliphatic rings. The van der Waals surface area contributed by atoms with E-state index in [2.05, 4.69) is 20.8 Å². The Morgan fingerprint density at radius 1 is 1.03 bits per heavy atom. The Hall–Kier alpha value is -3.35. The van der Waals surface area contributed by atoms with E-state index in [0.29, 0.717) is 27.5 Å². The van der Waals surface area contributed by atoms with Crippen molar-refractivity contribution in [2.75, 3.05) is 7.11 Å². The van der Waals surface area contributed by atoms with Crippen molar-refractivity contribution in [3.05, 3.63) is 46.3 Å². The smallest absolute Gasteiger partial charge is 0.344 e. The van der Waals surface area contributed by atoms with Gasteiger partial charge in [-0.05, 0) is 47.7 Å². The molecule has 1 aromatic heterocycles. The molecule has 1 heterocycles. The van der Waals surface area contributed by atoms with Gasteiger partial charge >= 0.3 is 17.6 Å². The number of carbonyl (C=O) groups is 2. The van der Waals surface area contributed by atoms with Gasteiger partial charge in [0.25, 0.3) is 0 Å². The van der Waals surface area contributed by atoms with Gasteiger partial charge in [0, 0.05) is 5.39 Å². The molecule has 34 heavy (non-hydrogen) atoms. The molecule has 0 spiro atoms. The second kappa shape index (κ2) is 10.7. The summed E-state index contributed by atoms with van der Waals surface area (Å²) in [6, 6.07) is 8.63. The number of fused-ring (bicyclic) bond motifs is 3. The molecular weight excluding hydrogens is 436 g/mol. The lowest BCUT2D eigenvalue weighted by atomic mass is 9.79. The number of methoxy groups -OCH3 is 1. The molecule has 7 nitrogen and oxygen atoms in total. The largest absolute Gasteiger partial charge is 0.497 e. The van der Waals surface area contributed by atoms with Crippen molar-refractivity contribution in [1.82, 2.24) is 0 Å². The molecule has 182 valence electrons. The van der Waals surface area contributed by atoms with Gasteiger partial charge in [0.1, 0.15) is 17.1 Å². The predicted octanol–water partition coefficient (Wildman–Crippen LogP) is 5.97. The fraction of sp³-hybridized carbons (Fsp3) is 0.444. The van der Waals surface area contributed by atoms with Gasteiger partial charge in [-0.3, -0.25) is 9.59 Å². The molecule has 0 aliphatic heterocycles. The van der Waals surface area contributed by atoms with Crippen LogP contribution in [0.4, 0.5) is 0 Å². The minimum Gasteiger partial charge on any atom is -0.497 e. The number of benzene rings is 2. The molecule has 3 rings (SSSR count). The van der Waals surface area contributed by atoms with Crippen molar-refractivity contribution in [1.29, 1.82) is 0 Å². The van der Waals surface area contributed by atoms with Gasteiger partial charge in [0.2, 0.25) is 0 Å². The molecule has 1 N–H and O–H groups in total. The molecule has 0 bridgehead atoms. The van der Waals surface area contributed by atoms with Crippen LogP contribution in [0.5, 0.6) is 11.5 Å². The van der Waals surface area contributed by atoms with E-state index in [0.717, 1.165) is 31.2 Å². The van der Waals surface area contributed by atoms with Crippen molar-refractivity contribution in [2.24, 2.45) is 0 Å². The molecule has 2 aromatic carbocycles. The van der Waals surface area contributed by atoms with Crippen LogP contribution in [-0.4, -0.2) is 24.2 Å². The zero-order valence-corrected chi connectivity index (χ0v) is 20.2. The Morgan fingerprint density at radius 2 is 1.79 bits per heavy atom.